The van der Waals surface area contributed by atoms with Crippen molar-refractivity contribution in [2.24, 2.45) is 7.05 Å². The van der Waals surface area contributed by atoms with E-state index >= 15 is 0 Å². The number of rotatable bonds is 1. The number of thiophene rings is 1. The summed E-state index contributed by atoms with van der Waals surface area (Å²) in [4.78, 5) is 1.23. The lowest BCUT2D eigenvalue weighted by Gasteiger charge is -1.96. The zero-order chi connectivity index (χ0) is 7.84. The van der Waals surface area contributed by atoms with Crippen molar-refractivity contribution in [3.63, 3.8) is 0 Å². The van der Waals surface area contributed by atoms with Gasteiger partial charge in [0.15, 0.2) is 0 Å². The predicted octanol–water partition coefficient (Wildman–Crippen LogP) is 1.73. The summed E-state index contributed by atoms with van der Waals surface area (Å²) < 4.78 is 2.03. The zero-order valence-corrected chi connectivity index (χ0v) is 7.06. The van der Waals surface area contributed by atoms with Crippen LogP contribution >= 0.6 is 11.3 Å². The highest BCUT2D eigenvalue weighted by Crippen LogP contribution is 2.23. The standard InChI is InChI=1S/C8H9NOS/c1-9-7(5-10)4-6-2-3-11-8(6)9/h2-4,10H,5H2,1H3. The fourth-order valence-corrected chi connectivity index (χ4v) is 2.13. The van der Waals surface area contributed by atoms with Gasteiger partial charge < -0.3 is 9.67 Å². The van der Waals surface area contributed by atoms with Crippen LogP contribution in [-0.2, 0) is 13.7 Å². The first-order chi connectivity index (χ1) is 5.33. The molecule has 0 bridgehead atoms. The molecular weight excluding hydrogens is 158 g/mol. The lowest BCUT2D eigenvalue weighted by atomic mass is 10.4. The first kappa shape index (κ1) is 6.88. The van der Waals surface area contributed by atoms with Gasteiger partial charge in [0.25, 0.3) is 0 Å². The molecule has 1 N–H and O–H groups in total. The van der Waals surface area contributed by atoms with Crippen LogP contribution < -0.4 is 0 Å². The summed E-state index contributed by atoms with van der Waals surface area (Å²) in [7, 11) is 1.98. The molecule has 0 saturated heterocycles. The third kappa shape index (κ3) is 0.886. The molecule has 0 fully saturated rings. The van der Waals surface area contributed by atoms with Crippen LogP contribution in [0.15, 0.2) is 17.5 Å². The number of aliphatic hydroxyl groups is 1. The summed E-state index contributed by atoms with van der Waals surface area (Å²) in [5, 5.41) is 12.2. The first-order valence-corrected chi connectivity index (χ1v) is 4.33. The van der Waals surface area contributed by atoms with Gasteiger partial charge in [0.1, 0.15) is 4.83 Å². The quantitative estimate of drug-likeness (QED) is 0.687. The Morgan fingerprint density at radius 1 is 1.64 bits per heavy atom. The maximum atomic E-state index is 8.92. The minimum atomic E-state index is 0.123. The SMILES string of the molecule is Cn1c(CO)cc2ccsc21. The molecule has 11 heavy (non-hydrogen) atoms. The Hall–Kier alpha value is -0.800. The Bertz CT molecular complexity index is 374. The van der Waals surface area contributed by atoms with E-state index in [0.717, 1.165) is 5.69 Å². The van der Waals surface area contributed by atoms with E-state index in [4.69, 9.17) is 5.11 Å². The van der Waals surface area contributed by atoms with Crippen molar-refractivity contribution >= 4 is 21.6 Å². The molecule has 0 radical (unpaired) electrons. The summed E-state index contributed by atoms with van der Waals surface area (Å²) in [5.74, 6) is 0. The second kappa shape index (κ2) is 2.36. The summed E-state index contributed by atoms with van der Waals surface area (Å²) in [6.07, 6.45) is 0. The minimum Gasteiger partial charge on any atom is -0.390 e. The first-order valence-electron chi connectivity index (χ1n) is 3.45. The molecule has 2 nitrogen and oxygen atoms in total. The van der Waals surface area contributed by atoms with Crippen molar-refractivity contribution in [1.82, 2.24) is 4.57 Å². The lowest BCUT2D eigenvalue weighted by Crippen LogP contribution is -1.93. The lowest BCUT2D eigenvalue weighted by molar-refractivity contribution is 0.273. The molecule has 3 heteroatoms. The molecule has 0 aliphatic rings. The molecule has 2 heterocycles. The van der Waals surface area contributed by atoms with Crippen LogP contribution in [0.5, 0.6) is 0 Å². The summed E-state index contributed by atoms with van der Waals surface area (Å²) in [6.45, 7) is 0.123. The van der Waals surface area contributed by atoms with Crippen molar-refractivity contribution in [2.75, 3.05) is 0 Å². The molecule has 0 aliphatic carbocycles. The van der Waals surface area contributed by atoms with Crippen LogP contribution in [0, 0.1) is 0 Å². The number of aryl methyl sites for hydroxylation is 1. The van der Waals surface area contributed by atoms with E-state index in [1.807, 2.05) is 17.7 Å². The number of fused-ring (bicyclic) bond motifs is 1. The Kier molecular flexibility index (Phi) is 1.47. The summed E-state index contributed by atoms with van der Waals surface area (Å²) >= 11 is 1.70. The molecule has 0 aromatic carbocycles. The monoisotopic (exact) mass is 167 g/mol. The molecule has 0 saturated carbocycles. The number of nitrogens with zero attached hydrogens (tertiary/aromatic N) is 1. The molecule has 0 aliphatic heterocycles. The molecule has 0 unspecified atom stereocenters. The van der Waals surface area contributed by atoms with Gasteiger partial charge in [-0.05, 0) is 17.5 Å². The minimum absolute atomic E-state index is 0.123. The molecule has 58 valence electrons. The second-order valence-electron chi connectivity index (χ2n) is 2.53. The van der Waals surface area contributed by atoms with Crippen molar-refractivity contribution in [3.05, 3.63) is 23.2 Å². The number of aromatic nitrogens is 1. The van der Waals surface area contributed by atoms with Gasteiger partial charge >= 0.3 is 0 Å². The average molecular weight is 167 g/mol. The van der Waals surface area contributed by atoms with E-state index in [1.54, 1.807) is 11.3 Å². The normalized spacial score (nSPS) is 11.1. The average Bonchev–Trinajstić information content (AvgIpc) is 2.53. The largest absolute Gasteiger partial charge is 0.390 e. The highest BCUT2D eigenvalue weighted by atomic mass is 32.1. The Labute approximate surface area is 68.7 Å². The maximum Gasteiger partial charge on any atom is 0.102 e. The molecule has 2 aromatic heterocycles. The Balaban J connectivity index is 2.76. The van der Waals surface area contributed by atoms with Crippen LogP contribution in [-0.4, -0.2) is 9.67 Å². The predicted molar refractivity (Wildman–Crippen MR) is 46.7 cm³/mol. The Morgan fingerprint density at radius 2 is 2.45 bits per heavy atom. The van der Waals surface area contributed by atoms with E-state index in [2.05, 4.69) is 11.4 Å². The van der Waals surface area contributed by atoms with Crippen LogP contribution in [0.4, 0.5) is 0 Å². The van der Waals surface area contributed by atoms with Crippen LogP contribution in [0.25, 0.3) is 10.2 Å². The van der Waals surface area contributed by atoms with Gasteiger partial charge in [-0.15, -0.1) is 11.3 Å². The van der Waals surface area contributed by atoms with Crippen molar-refractivity contribution in [3.8, 4) is 0 Å². The van der Waals surface area contributed by atoms with Crippen LogP contribution in [0.1, 0.15) is 5.69 Å². The second-order valence-corrected chi connectivity index (χ2v) is 3.43. The van der Waals surface area contributed by atoms with Crippen LogP contribution in [0.3, 0.4) is 0 Å². The van der Waals surface area contributed by atoms with Gasteiger partial charge in [0.2, 0.25) is 0 Å². The van der Waals surface area contributed by atoms with E-state index in [-0.39, 0.29) is 6.61 Å². The highest BCUT2D eigenvalue weighted by molar-refractivity contribution is 7.16. The smallest absolute Gasteiger partial charge is 0.102 e. The number of hydrogen-bond acceptors (Lipinski definition) is 2. The fraction of sp³-hybridized carbons (Fsp3) is 0.250. The molecule has 0 amide bonds. The van der Waals surface area contributed by atoms with Gasteiger partial charge in [-0.1, -0.05) is 0 Å². The van der Waals surface area contributed by atoms with E-state index in [1.165, 1.54) is 10.2 Å². The summed E-state index contributed by atoms with van der Waals surface area (Å²) in [6, 6.07) is 4.09. The molecule has 0 spiro atoms. The van der Waals surface area contributed by atoms with E-state index < -0.39 is 0 Å². The highest BCUT2D eigenvalue weighted by Gasteiger charge is 2.04. The molecular formula is C8H9NOS. The fourth-order valence-electron chi connectivity index (χ4n) is 1.25. The maximum absolute atomic E-state index is 8.92. The van der Waals surface area contributed by atoms with Gasteiger partial charge in [-0.3, -0.25) is 0 Å². The molecule has 0 atom stereocenters. The van der Waals surface area contributed by atoms with Crippen LogP contribution in [0.2, 0.25) is 0 Å². The molecule has 2 rings (SSSR count). The zero-order valence-electron chi connectivity index (χ0n) is 6.24. The summed E-state index contributed by atoms with van der Waals surface area (Å²) in [5.41, 5.74) is 0.979. The molecule has 2 aromatic rings. The van der Waals surface area contributed by atoms with E-state index in [9.17, 15) is 0 Å². The van der Waals surface area contributed by atoms with Crippen molar-refractivity contribution in [2.45, 2.75) is 6.61 Å². The van der Waals surface area contributed by atoms with Gasteiger partial charge in [0.05, 0.1) is 6.61 Å². The number of aliphatic hydroxyl groups excluding tert-OH is 1. The number of hydrogen-bond donors (Lipinski definition) is 1. The third-order valence-corrected chi connectivity index (χ3v) is 2.90. The van der Waals surface area contributed by atoms with Crippen molar-refractivity contribution < 1.29 is 5.11 Å². The topological polar surface area (TPSA) is 25.2 Å². The van der Waals surface area contributed by atoms with Gasteiger partial charge in [-0.25, -0.2) is 0 Å². The van der Waals surface area contributed by atoms with Crippen molar-refractivity contribution in [1.29, 1.82) is 0 Å². The third-order valence-electron chi connectivity index (χ3n) is 1.89. The Morgan fingerprint density at radius 3 is 3.09 bits per heavy atom. The van der Waals surface area contributed by atoms with Gasteiger partial charge in [0, 0.05) is 18.1 Å². The van der Waals surface area contributed by atoms with E-state index in [0.29, 0.717) is 0 Å². The van der Waals surface area contributed by atoms with Gasteiger partial charge in [-0.2, -0.15) is 0 Å².